The lowest BCUT2D eigenvalue weighted by Gasteiger charge is -2.40. The second-order valence-corrected chi connectivity index (χ2v) is 8.07. The SMILES string of the molecule is CCN1CCC2(CC1)CN(C1CC(S(=O)(=O)O)C1)C(=O)O2. The highest BCUT2D eigenvalue weighted by atomic mass is 32.2. The minimum absolute atomic E-state index is 0.118. The standard InChI is InChI=1S/C13H22N2O5S/c1-2-14-5-3-13(4-6-14)9-15(12(16)20-13)10-7-11(8-10)21(17,18)19/h10-11H,2-9H2,1H3,(H,17,18,19). The zero-order chi connectivity index (χ0) is 15.3. The predicted molar refractivity (Wildman–Crippen MR) is 75.6 cm³/mol. The zero-order valence-electron chi connectivity index (χ0n) is 12.2. The Morgan fingerprint density at radius 1 is 1.33 bits per heavy atom. The van der Waals surface area contributed by atoms with Gasteiger partial charge in [0.15, 0.2) is 0 Å². The summed E-state index contributed by atoms with van der Waals surface area (Å²) in [5, 5.41) is -0.728. The van der Waals surface area contributed by atoms with Gasteiger partial charge in [-0.15, -0.1) is 0 Å². The van der Waals surface area contributed by atoms with Crippen molar-refractivity contribution < 1.29 is 22.5 Å². The van der Waals surface area contributed by atoms with Crippen molar-refractivity contribution in [3.8, 4) is 0 Å². The number of piperidine rings is 1. The largest absolute Gasteiger partial charge is 0.441 e. The van der Waals surface area contributed by atoms with Crippen LogP contribution in [0.2, 0.25) is 0 Å². The number of carbonyl (C=O) groups is 1. The first-order chi connectivity index (χ1) is 9.83. The van der Waals surface area contributed by atoms with Crippen molar-refractivity contribution in [3.63, 3.8) is 0 Å². The van der Waals surface area contributed by atoms with Crippen molar-refractivity contribution in [2.75, 3.05) is 26.2 Å². The Balaban J connectivity index is 1.59. The van der Waals surface area contributed by atoms with Crippen LogP contribution in [0.5, 0.6) is 0 Å². The molecule has 3 aliphatic rings. The summed E-state index contributed by atoms with van der Waals surface area (Å²) < 4.78 is 36.7. The molecule has 1 spiro atoms. The highest BCUT2D eigenvalue weighted by molar-refractivity contribution is 7.86. The topological polar surface area (TPSA) is 87.2 Å². The molecule has 2 aliphatic heterocycles. The van der Waals surface area contributed by atoms with Gasteiger partial charge in [0.05, 0.1) is 11.8 Å². The monoisotopic (exact) mass is 318 g/mol. The highest BCUT2D eigenvalue weighted by Gasteiger charge is 2.52. The van der Waals surface area contributed by atoms with Crippen LogP contribution in [0, 0.1) is 0 Å². The molecule has 0 atom stereocenters. The van der Waals surface area contributed by atoms with Crippen molar-refractivity contribution in [1.29, 1.82) is 0 Å². The molecule has 0 aromatic heterocycles. The van der Waals surface area contributed by atoms with E-state index < -0.39 is 21.0 Å². The number of amides is 1. The first-order valence-corrected chi connectivity index (χ1v) is 9.01. The molecule has 0 bridgehead atoms. The van der Waals surface area contributed by atoms with Crippen LogP contribution in [0.3, 0.4) is 0 Å². The lowest BCUT2D eigenvalue weighted by atomic mass is 9.87. The summed E-state index contributed by atoms with van der Waals surface area (Å²) in [6.45, 7) is 5.53. The fourth-order valence-electron chi connectivity index (χ4n) is 3.50. The molecule has 1 saturated carbocycles. The van der Waals surface area contributed by atoms with Crippen LogP contribution in [0.25, 0.3) is 0 Å². The maximum atomic E-state index is 12.1. The molecule has 0 aromatic rings. The van der Waals surface area contributed by atoms with Crippen molar-refractivity contribution in [2.24, 2.45) is 0 Å². The molecule has 3 fully saturated rings. The van der Waals surface area contributed by atoms with Crippen LogP contribution in [-0.2, 0) is 14.9 Å². The quantitative estimate of drug-likeness (QED) is 0.771. The molecule has 0 unspecified atom stereocenters. The van der Waals surface area contributed by atoms with E-state index in [0.29, 0.717) is 19.4 Å². The molecule has 0 radical (unpaired) electrons. The summed E-state index contributed by atoms with van der Waals surface area (Å²) in [6, 6.07) is -0.118. The van der Waals surface area contributed by atoms with Crippen molar-refractivity contribution in [3.05, 3.63) is 0 Å². The van der Waals surface area contributed by atoms with Crippen LogP contribution in [0.4, 0.5) is 4.79 Å². The number of ether oxygens (including phenoxy) is 1. The van der Waals surface area contributed by atoms with Gasteiger partial charge in [-0.25, -0.2) is 4.79 Å². The molecule has 2 saturated heterocycles. The van der Waals surface area contributed by atoms with E-state index in [1.807, 2.05) is 0 Å². The normalized spacial score (nSPS) is 33.0. The molecule has 1 aliphatic carbocycles. The number of hydrogen-bond donors (Lipinski definition) is 1. The van der Waals surface area contributed by atoms with Gasteiger partial charge in [-0.2, -0.15) is 8.42 Å². The lowest BCUT2D eigenvalue weighted by Crippen LogP contribution is -2.52. The van der Waals surface area contributed by atoms with E-state index in [1.165, 1.54) is 0 Å². The Kier molecular flexibility index (Phi) is 3.66. The van der Waals surface area contributed by atoms with E-state index in [-0.39, 0.29) is 12.1 Å². The fourth-order valence-corrected chi connectivity index (χ4v) is 4.43. The number of rotatable bonds is 3. The van der Waals surface area contributed by atoms with Crippen molar-refractivity contribution >= 4 is 16.2 Å². The number of likely N-dealkylation sites (tertiary alicyclic amines) is 1. The Labute approximate surface area is 125 Å². The van der Waals surface area contributed by atoms with Gasteiger partial charge in [-0.1, -0.05) is 6.92 Å². The molecule has 8 heteroatoms. The maximum Gasteiger partial charge on any atom is 0.410 e. The van der Waals surface area contributed by atoms with Crippen LogP contribution >= 0.6 is 0 Å². The summed E-state index contributed by atoms with van der Waals surface area (Å²) in [5.41, 5.74) is -0.397. The third-order valence-corrected chi connectivity index (χ3v) is 6.37. The number of nitrogens with zero attached hydrogens (tertiary/aromatic N) is 2. The van der Waals surface area contributed by atoms with Crippen molar-refractivity contribution in [2.45, 2.75) is 49.5 Å². The molecule has 21 heavy (non-hydrogen) atoms. The van der Waals surface area contributed by atoms with Gasteiger partial charge < -0.3 is 14.5 Å². The summed E-state index contributed by atoms with van der Waals surface area (Å²) in [5.74, 6) is 0. The van der Waals surface area contributed by atoms with Crippen LogP contribution < -0.4 is 0 Å². The van der Waals surface area contributed by atoms with Gasteiger partial charge in [-0.3, -0.25) is 4.55 Å². The van der Waals surface area contributed by atoms with E-state index in [1.54, 1.807) is 4.90 Å². The summed E-state index contributed by atoms with van der Waals surface area (Å²) in [7, 11) is -3.98. The molecule has 1 N–H and O–H groups in total. The third kappa shape index (κ3) is 2.76. The second-order valence-electron chi connectivity index (χ2n) is 6.38. The van der Waals surface area contributed by atoms with E-state index >= 15 is 0 Å². The Hall–Kier alpha value is -0.860. The van der Waals surface area contributed by atoms with E-state index in [2.05, 4.69) is 11.8 Å². The number of carbonyl (C=O) groups excluding carboxylic acids is 1. The smallest absolute Gasteiger partial charge is 0.410 e. The summed E-state index contributed by atoms with van der Waals surface area (Å²) >= 11 is 0. The first-order valence-electron chi connectivity index (χ1n) is 7.51. The molecular weight excluding hydrogens is 296 g/mol. The van der Waals surface area contributed by atoms with E-state index in [0.717, 1.165) is 32.5 Å². The van der Waals surface area contributed by atoms with Gasteiger partial charge in [0, 0.05) is 32.0 Å². The molecule has 120 valence electrons. The summed E-state index contributed by atoms with van der Waals surface area (Å²) in [6.07, 6.45) is 1.95. The fraction of sp³-hybridized carbons (Fsp3) is 0.923. The number of hydrogen-bond acceptors (Lipinski definition) is 5. The van der Waals surface area contributed by atoms with Crippen molar-refractivity contribution in [1.82, 2.24) is 9.80 Å². The van der Waals surface area contributed by atoms with Crippen LogP contribution in [0.1, 0.15) is 32.6 Å². The average molecular weight is 318 g/mol. The lowest BCUT2D eigenvalue weighted by molar-refractivity contribution is 0.00182. The molecule has 1 amide bonds. The van der Waals surface area contributed by atoms with E-state index in [9.17, 15) is 13.2 Å². The second kappa shape index (κ2) is 5.10. The van der Waals surface area contributed by atoms with Gasteiger partial charge in [0.1, 0.15) is 5.60 Å². The average Bonchev–Trinajstić information content (AvgIpc) is 2.64. The minimum atomic E-state index is -3.98. The minimum Gasteiger partial charge on any atom is -0.441 e. The van der Waals surface area contributed by atoms with E-state index in [4.69, 9.17) is 9.29 Å². The highest BCUT2D eigenvalue weighted by Crippen LogP contribution is 2.39. The Morgan fingerprint density at radius 2 is 1.95 bits per heavy atom. The summed E-state index contributed by atoms with van der Waals surface area (Å²) in [4.78, 5) is 16.1. The van der Waals surface area contributed by atoms with Gasteiger partial charge in [-0.05, 0) is 19.4 Å². The molecule has 0 aromatic carbocycles. The van der Waals surface area contributed by atoms with Gasteiger partial charge >= 0.3 is 6.09 Å². The zero-order valence-corrected chi connectivity index (χ0v) is 13.0. The Morgan fingerprint density at radius 3 is 2.48 bits per heavy atom. The van der Waals surface area contributed by atoms with Crippen LogP contribution in [0.15, 0.2) is 0 Å². The van der Waals surface area contributed by atoms with Gasteiger partial charge in [0.2, 0.25) is 0 Å². The van der Waals surface area contributed by atoms with Gasteiger partial charge in [0.25, 0.3) is 10.1 Å². The third-order valence-electron chi connectivity index (χ3n) is 5.14. The predicted octanol–water partition coefficient (Wildman–Crippen LogP) is 0.712. The maximum absolute atomic E-state index is 12.1. The molecule has 3 rings (SSSR count). The Bertz CT molecular complexity index is 521. The molecule has 2 heterocycles. The molecule has 7 nitrogen and oxygen atoms in total. The molecular formula is C13H22N2O5S. The van der Waals surface area contributed by atoms with Crippen LogP contribution in [-0.4, -0.2) is 71.9 Å². The first kappa shape index (κ1) is 15.1.